The van der Waals surface area contributed by atoms with Gasteiger partial charge >= 0.3 is 0 Å². The predicted molar refractivity (Wildman–Crippen MR) is 78.8 cm³/mol. The lowest BCUT2D eigenvalue weighted by molar-refractivity contribution is 0.327. The standard InChI is InChI=1S/C14H18BrClFN/c1-2-9-4-3-5-11(6-9)18-14-12(15)7-10(17)8-13(14)16/h7-9,11,18H,2-6H2,1H3. The first-order valence-corrected chi connectivity index (χ1v) is 7.68. The van der Waals surface area contributed by atoms with Gasteiger partial charge in [0.05, 0.1) is 10.7 Å². The van der Waals surface area contributed by atoms with Gasteiger partial charge in [-0.2, -0.15) is 0 Å². The molecular formula is C14H18BrClFN. The van der Waals surface area contributed by atoms with Gasteiger partial charge in [0.1, 0.15) is 5.82 Å². The maximum Gasteiger partial charge on any atom is 0.125 e. The van der Waals surface area contributed by atoms with Crippen LogP contribution in [0.4, 0.5) is 10.1 Å². The van der Waals surface area contributed by atoms with Crippen LogP contribution in [0, 0.1) is 11.7 Å². The Balaban J connectivity index is 2.09. The van der Waals surface area contributed by atoms with E-state index in [1.54, 1.807) is 0 Å². The molecule has 1 aliphatic rings. The van der Waals surface area contributed by atoms with Crippen LogP contribution < -0.4 is 5.32 Å². The van der Waals surface area contributed by atoms with E-state index >= 15 is 0 Å². The zero-order valence-corrected chi connectivity index (χ0v) is 12.8. The molecule has 1 fully saturated rings. The highest BCUT2D eigenvalue weighted by molar-refractivity contribution is 9.10. The highest BCUT2D eigenvalue weighted by atomic mass is 79.9. The molecule has 2 unspecified atom stereocenters. The van der Waals surface area contributed by atoms with Gasteiger partial charge in [-0.25, -0.2) is 4.39 Å². The summed E-state index contributed by atoms with van der Waals surface area (Å²) < 4.78 is 13.9. The van der Waals surface area contributed by atoms with Gasteiger partial charge in [-0.05, 0) is 46.8 Å². The Bertz CT molecular complexity index is 401. The molecule has 1 N–H and O–H groups in total. The number of halogens is 3. The number of benzene rings is 1. The first kappa shape index (κ1) is 14.1. The molecule has 0 amide bonds. The first-order chi connectivity index (χ1) is 8.60. The predicted octanol–water partition coefficient (Wildman–Crippen LogP) is 5.62. The maximum absolute atomic E-state index is 13.2. The number of hydrogen-bond donors (Lipinski definition) is 1. The van der Waals surface area contributed by atoms with Gasteiger partial charge in [0.25, 0.3) is 0 Å². The molecule has 1 aromatic carbocycles. The summed E-state index contributed by atoms with van der Waals surface area (Å²) in [5, 5.41) is 3.91. The van der Waals surface area contributed by atoms with Crippen molar-refractivity contribution < 1.29 is 4.39 Å². The Morgan fingerprint density at radius 2 is 2.22 bits per heavy atom. The maximum atomic E-state index is 13.2. The van der Waals surface area contributed by atoms with Crippen LogP contribution in [0.3, 0.4) is 0 Å². The summed E-state index contributed by atoms with van der Waals surface area (Å²) in [6, 6.07) is 3.26. The molecule has 1 saturated carbocycles. The van der Waals surface area contributed by atoms with Crippen LogP contribution in [-0.2, 0) is 0 Å². The fraction of sp³-hybridized carbons (Fsp3) is 0.571. The minimum Gasteiger partial charge on any atom is -0.380 e. The Hall–Kier alpha value is -0.280. The summed E-state index contributed by atoms with van der Waals surface area (Å²) in [5.74, 6) is 0.488. The summed E-state index contributed by atoms with van der Waals surface area (Å²) in [4.78, 5) is 0. The minimum absolute atomic E-state index is 0.312. The quantitative estimate of drug-likeness (QED) is 0.756. The Kier molecular flexibility index (Phi) is 4.91. The van der Waals surface area contributed by atoms with Crippen LogP contribution in [-0.4, -0.2) is 6.04 Å². The van der Waals surface area contributed by atoms with Crippen LogP contribution in [0.2, 0.25) is 5.02 Å². The summed E-state index contributed by atoms with van der Waals surface area (Å²) >= 11 is 9.46. The van der Waals surface area contributed by atoms with Crippen molar-refractivity contribution in [3.8, 4) is 0 Å². The number of rotatable bonds is 3. The zero-order valence-electron chi connectivity index (χ0n) is 10.5. The SMILES string of the molecule is CCC1CCCC(Nc2c(Cl)cc(F)cc2Br)C1. The molecule has 0 heterocycles. The van der Waals surface area contributed by atoms with Crippen molar-refractivity contribution in [1.82, 2.24) is 0 Å². The Morgan fingerprint density at radius 1 is 1.44 bits per heavy atom. The normalized spacial score (nSPS) is 24.0. The van der Waals surface area contributed by atoms with E-state index < -0.39 is 0 Å². The van der Waals surface area contributed by atoms with Crippen LogP contribution in [0.15, 0.2) is 16.6 Å². The molecule has 0 radical (unpaired) electrons. The summed E-state index contributed by atoms with van der Waals surface area (Å²) in [5.41, 5.74) is 0.819. The molecule has 100 valence electrons. The zero-order chi connectivity index (χ0) is 13.1. The lowest BCUT2D eigenvalue weighted by Gasteiger charge is -2.30. The third-order valence-electron chi connectivity index (χ3n) is 3.72. The van der Waals surface area contributed by atoms with Crippen molar-refractivity contribution in [2.75, 3.05) is 5.32 Å². The number of anilines is 1. The van der Waals surface area contributed by atoms with Gasteiger partial charge < -0.3 is 5.32 Å². The topological polar surface area (TPSA) is 12.0 Å². The lowest BCUT2D eigenvalue weighted by Crippen LogP contribution is -2.27. The van der Waals surface area contributed by atoms with Gasteiger partial charge in [-0.15, -0.1) is 0 Å². The van der Waals surface area contributed by atoms with Crippen molar-refractivity contribution >= 4 is 33.2 Å². The summed E-state index contributed by atoms with van der Waals surface area (Å²) in [7, 11) is 0. The fourth-order valence-electron chi connectivity index (χ4n) is 2.68. The van der Waals surface area contributed by atoms with E-state index in [1.807, 2.05) is 0 Å². The van der Waals surface area contributed by atoms with Crippen molar-refractivity contribution in [2.24, 2.45) is 5.92 Å². The Labute approximate surface area is 121 Å². The third-order valence-corrected chi connectivity index (χ3v) is 4.64. The molecule has 0 bridgehead atoms. The molecule has 1 aromatic rings. The van der Waals surface area contributed by atoms with E-state index in [0.29, 0.717) is 15.5 Å². The second-order valence-electron chi connectivity index (χ2n) is 5.03. The minimum atomic E-state index is -0.312. The first-order valence-electron chi connectivity index (χ1n) is 6.51. The van der Waals surface area contributed by atoms with Crippen LogP contribution in [0.5, 0.6) is 0 Å². The van der Waals surface area contributed by atoms with Crippen molar-refractivity contribution in [3.05, 3.63) is 27.4 Å². The van der Waals surface area contributed by atoms with Crippen LogP contribution in [0.25, 0.3) is 0 Å². The molecule has 2 atom stereocenters. The monoisotopic (exact) mass is 333 g/mol. The van der Waals surface area contributed by atoms with Gasteiger partial charge in [-0.3, -0.25) is 0 Å². The second-order valence-corrected chi connectivity index (χ2v) is 6.29. The van der Waals surface area contributed by atoms with Crippen molar-refractivity contribution in [2.45, 2.75) is 45.1 Å². The molecule has 1 nitrogen and oxygen atoms in total. The fourth-order valence-corrected chi connectivity index (χ4v) is 3.60. The van der Waals surface area contributed by atoms with Crippen LogP contribution in [0.1, 0.15) is 39.0 Å². The van der Waals surface area contributed by atoms with E-state index in [-0.39, 0.29) is 5.82 Å². The lowest BCUT2D eigenvalue weighted by atomic mass is 9.84. The molecule has 1 aliphatic carbocycles. The largest absolute Gasteiger partial charge is 0.380 e. The van der Waals surface area contributed by atoms with E-state index in [9.17, 15) is 4.39 Å². The summed E-state index contributed by atoms with van der Waals surface area (Å²) in [6.45, 7) is 2.24. The van der Waals surface area contributed by atoms with Gasteiger partial charge in [0, 0.05) is 10.5 Å². The average molecular weight is 335 g/mol. The molecule has 0 spiro atoms. The summed E-state index contributed by atoms with van der Waals surface area (Å²) in [6.07, 6.45) is 6.16. The molecular weight excluding hydrogens is 317 g/mol. The average Bonchev–Trinajstić information content (AvgIpc) is 2.34. The van der Waals surface area contributed by atoms with Gasteiger partial charge in [-0.1, -0.05) is 37.8 Å². The second kappa shape index (κ2) is 6.25. The van der Waals surface area contributed by atoms with Crippen molar-refractivity contribution in [3.63, 3.8) is 0 Å². The molecule has 2 rings (SSSR count). The highest BCUT2D eigenvalue weighted by Crippen LogP contribution is 2.35. The molecule has 0 aliphatic heterocycles. The smallest absolute Gasteiger partial charge is 0.125 e. The Morgan fingerprint density at radius 3 is 2.89 bits per heavy atom. The molecule has 18 heavy (non-hydrogen) atoms. The van der Waals surface area contributed by atoms with E-state index in [4.69, 9.17) is 11.6 Å². The molecule has 0 aromatic heterocycles. The van der Waals surface area contributed by atoms with E-state index in [0.717, 1.165) is 18.0 Å². The third kappa shape index (κ3) is 3.39. The number of hydrogen-bond acceptors (Lipinski definition) is 1. The van der Waals surface area contributed by atoms with Gasteiger partial charge in [0.15, 0.2) is 0 Å². The molecule has 4 heteroatoms. The highest BCUT2D eigenvalue weighted by Gasteiger charge is 2.22. The van der Waals surface area contributed by atoms with Gasteiger partial charge in [0.2, 0.25) is 0 Å². The van der Waals surface area contributed by atoms with Crippen molar-refractivity contribution in [1.29, 1.82) is 0 Å². The number of nitrogens with one attached hydrogen (secondary N) is 1. The van der Waals surface area contributed by atoms with E-state index in [1.165, 1.54) is 37.8 Å². The molecule has 0 saturated heterocycles. The van der Waals surface area contributed by atoms with Crippen LogP contribution >= 0.6 is 27.5 Å². The van der Waals surface area contributed by atoms with E-state index in [2.05, 4.69) is 28.2 Å².